The second-order valence-electron chi connectivity index (χ2n) is 3.39. The first kappa shape index (κ1) is 9.03. The molecule has 1 unspecified atom stereocenters. The van der Waals surface area contributed by atoms with Gasteiger partial charge in [0.2, 0.25) is 0 Å². The van der Waals surface area contributed by atoms with Crippen LogP contribution in [0.25, 0.3) is 0 Å². The van der Waals surface area contributed by atoms with Gasteiger partial charge in [0.05, 0.1) is 0 Å². The van der Waals surface area contributed by atoms with Crippen molar-refractivity contribution in [2.45, 2.75) is 13.2 Å². The first-order valence-electron chi connectivity index (χ1n) is 4.65. The second kappa shape index (κ2) is 3.68. The summed E-state index contributed by atoms with van der Waals surface area (Å²) in [6, 6.07) is 9.84. The van der Waals surface area contributed by atoms with Crippen LogP contribution < -0.4 is 4.90 Å². The molecule has 0 radical (unpaired) electrons. The molecule has 2 heteroatoms. The molecule has 1 aromatic carbocycles. The molecule has 0 aromatic heterocycles. The Hall–Kier alpha value is -1.54. The van der Waals surface area contributed by atoms with Gasteiger partial charge in [-0.2, -0.15) is 0 Å². The molecule has 1 aromatic rings. The topological polar surface area (TPSA) is 23.5 Å². The standard InChI is InChI=1S/C12H13NO/c1-10-7-8-12(14)13(9-10)11-5-3-2-4-6-11/h2-9,12,14H,1H3. The van der Waals surface area contributed by atoms with Crippen LogP contribution in [0.4, 0.5) is 5.69 Å². The van der Waals surface area contributed by atoms with Gasteiger partial charge in [-0.25, -0.2) is 0 Å². The third kappa shape index (κ3) is 1.70. The molecule has 0 fully saturated rings. The van der Waals surface area contributed by atoms with E-state index in [1.165, 1.54) is 0 Å². The second-order valence-corrected chi connectivity index (χ2v) is 3.39. The van der Waals surface area contributed by atoms with E-state index in [0.717, 1.165) is 11.3 Å². The largest absolute Gasteiger partial charge is 0.370 e. The van der Waals surface area contributed by atoms with E-state index in [4.69, 9.17) is 0 Å². The van der Waals surface area contributed by atoms with Crippen LogP contribution in [0, 0.1) is 0 Å². The number of hydrogen-bond acceptors (Lipinski definition) is 2. The normalized spacial score (nSPS) is 20.9. The van der Waals surface area contributed by atoms with Crippen molar-refractivity contribution in [3.63, 3.8) is 0 Å². The molecule has 72 valence electrons. The minimum absolute atomic E-state index is 0.555. The van der Waals surface area contributed by atoms with Crippen LogP contribution in [0.3, 0.4) is 0 Å². The average molecular weight is 187 g/mol. The number of benzene rings is 1. The quantitative estimate of drug-likeness (QED) is 0.729. The smallest absolute Gasteiger partial charge is 0.150 e. The maximum atomic E-state index is 9.73. The summed E-state index contributed by atoms with van der Waals surface area (Å²) in [4.78, 5) is 1.84. The summed E-state index contributed by atoms with van der Waals surface area (Å²) in [7, 11) is 0. The zero-order valence-electron chi connectivity index (χ0n) is 8.09. The molecule has 1 aliphatic heterocycles. The number of anilines is 1. The molecule has 0 saturated heterocycles. The summed E-state index contributed by atoms with van der Waals surface area (Å²) >= 11 is 0. The van der Waals surface area contributed by atoms with E-state index < -0.39 is 6.23 Å². The maximum absolute atomic E-state index is 9.73. The maximum Gasteiger partial charge on any atom is 0.150 e. The van der Waals surface area contributed by atoms with E-state index in [2.05, 4.69) is 0 Å². The predicted molar refractivity (Wildman–Crippen MR) is 57.8 cm³/mol. The van der Waals surface area contributed by atoms with Crippen molar-refractivity contribution >= 4 is 5.69 Å². The molecule has 1 heterocycles. The van der Waals surface area contributed by atoms with Gasteiger partial charge in [-0.05, 0) is 30.7 Å². The number of aliphatic hydroxyl groups is 1. The lowest BCUT2D eigenvalue weighted by Crippen LogP contribution is -2.30. The lowest BCUT2D eigenvalue weighted by atomic mass is 10.2. The van der Waals surface area contributed by atoms with Gasteiger partial charge in [-0.3, -0.25) is 0 Å². The van der Waals surface area contributed by atoms with Gasteiger partial charge < -0.3 is 10.0 Å². The van der Waals surface area contributed by atoms with Crippen molar-refractivity contribution < 1.29 is 5.11 Å². The van der Waals surface area contributed by atoms with Crippen molar-refractivity contribution in [1.82, 2.24) is 0 Å². The van der Waals surface area contributed by atoms with E-state index >= 15 is 0 Å². The number of hydrogen-bond donors (Lipinski definition) is 1. The summed E-state index contributed by atoms with van der Waals surface area (Å²) in [6.45, 7) is 2.01. The van der Waals surface area contributed by atoms with Crippen LogP contribution >= 0.6 is 0 Å². The Morgan fingerprint density at radius 3 is 2.64 bits per heavy atom. The van der Waals surface area contributed by atoms with E-state index in [-0.39, 0.29) is 0 Å². The number of rotatable bonds is 1. The third-order valence-corrected chi connectivity index (χ3v) is 2.21. The number of nitrogens with zero attached hydrogens (tertiary/aromatic N) is 1. The first-order valence-corrected chi connectivity index (χ1v) is 4.65. The van der Waals surface area contributed by atoms with Gasteiger partial charge in [-0.15, -0.1) is 0 Å². The van der Waals surface area contributed by atoms with Gasteiger partial charge >= 0.3 is 0 Å². The minimum Gasteiger partial charge on any atom is -0.370 e. The van der Waals surface area contributed by atoms with Crippen LogP contribution in [0.15, 0.2) is 54.3 Å². The molecule has 14 heavy (non-hydrogen) atoms. The first-order chi connectivity index (χ1) is 6.77. The molecule has 2 rings (SSSR count). The highest BCUT2D eigenvalue weighted by molar-refractivity contribution is 5.53. The zero-order chi connectivity index (χ0) is 9.97. The van der Waals surface area contributed by atoms with E-state index in [9.17, 15) is 5.11 Å². The van der Waals surface area contributed by atoms with Crippen LogP contribution in [0.5, 0.6) is 0 Å². The highest BCUT2D eigenvalue weighted by atomic mass is 16.3. The Morgan fingerprint density at radius 1 is 1.21 bits per heavy atom. The molecule has 0 saturated carbocycles. The molecular formula is C12H13NO. The van der Waals surface area contributed by atoms with Crippen LogP contribution in [-0.2, 0) is 0 Å². The predicted octanol–water partition coefficient (Wildman–Crippen LogP) is 2.29. The number of aliphatic hydroxyl groups excluding tert-OH is 1. The highest BCUT2D eigenvalue weighted by Crippen LogP contribution is 2.20. The molecular weight excluding hydrogens is 174 g/mol. The Morgan fingerprint density at radius 2 is 1.93 bits per heavy atom. The van der Waals surface area contributed by atoms with Crippen LogP contribution in [0.1, 0.15) is 6.92 Å². The van der Waals surface area contributed by atoms with E-state index in [1.807, 2.05) is 54.4 Å². The molecule has 2 nitrogen and oxygen atoms in total. The average Bonchev–Trinajstić information content (AvgIpc) is 2.23. The van der Waals surface area contributed by atoms with Gasteiger partial charge in [0.1, 0.15) is 6.23 Å². The summed E-state index contributed by atoms with van der Waals surface area (Å²) in [5.41, 5.74) is 2.14. The molecule has 0 bridgehead atoms. The van der Waals surface area contributed by atoms with Gasteiger partial charge in [0.15, 0.2) is 0 Å². The third-order valence-electron chi connectivity index (χ3n) is 2.21. The molecule has 1 N–H and O–H groups in total. The summed E-state index contributed by atoms with van der Waals surface area (Å²) < 4.78 is 0. The molecule has 0 spiro atoms. The van der Waals surface area contributed by atoms with E-state index in [1.54, 1.807) is 6.08 Å². The summed E-state index contributed by atoms with van der Waals surface area (Å²) in [5, 5.41) is 9.73. The van der Waals surface area contributed by atoms with Crippen molar-refractivity contribution in [1.29, 1.82) is 0 Å². The Kier molecular flexibility index (Phi) is 2.37. The molecule has 0 amide bonds. The SMILES string of the molecule is CC1=CN(c2ccccc2)C(O)C=C1. The van der Waals surface area contributed by atoms with Gasteiger partial charge in [-0.1, -0.05) is 24.3 Å². The van der Waals surface area contributed by atoms with Crippen LogP contribution in [-0.4, -0.2) is 11.3 Å². The fourth-order valence-electron chi connectivity index (χ4n) is 1.50. The minimum atomic E-state index is -0.555. The van der Waals surface area contributed by atoms with Crippen molar-refractivity contribution in [3.05, 3.63) is 54.3 Å². The van der Waals surface area contributed by atoms with Crippen molar-refractivity contribution in [2.24, 2.45) is 0 Å². The lowest BCUT2D eigenvalue weighted by Gasteiger charge is -2.27. The fourth-order valence-corrected chi connectivity index (χ4v) is 1.50. The zero-order valence-corrected chi connectivity index (χ0v) is 8.09. The summed E-state index contributed by atoms with van der Waals surface area (Å²) in [6.07, 6.45) is 5.09. The van der Waals surface area contributed by atoms with Crippen molar-refractivity contribution in [2.75, 3.05) is 4.90 Å². The monoisotopic (exact) mass is 187 g/mol. The highest BCUT2D eigenvalue weighted by Gasteiger charge is 2.13. The molecule has 1 aliphatic rings. The molecule has 1 atom stereocenters. The van der Waals surface area contributed by atoms with Crippen LogP contribution in [0.2, 0.25) is 0 Å². The van der Waals surface area contributed by atoms with Crippen molar-refractivity contribution in [3.8, 4) is 0 Å². The van der Waals surface area contributed by atoms with Gasteiger partial charge in [0.25, 0.3) is 0 Å². The number of para-hydroxylation sites is 1. The molecule has 0 aliphatic carbocycles. The number of allylic oxidation sites excluding steroid dienone is 2. The Bertz CT molecular complexity index is 367. The Balaban J connectivity index is 2.31. The fraction of sp³-hybridized carbons (Fsp3) is 0.167. The van der Waals surface area contributed by atoms with Gasteiger partial charge in [0, 0.05) is 11.9 Å². The Labute approximate surface area is 83.8 Å². The lowest BCUT2D eigenvalue weighted by molar-refractivity contribution is 0.226. The van der Waals surface area contributed by atoms with E-state index in [0.29, 0.717) is 0 Å². The summed E-state index contributed by atoms with van der Waals surface area (Å²) in [5.74, 6) is 0.